The van der Waals surface area contributed by atoms with Crippen molar-refractivity contribution in [3.05, 3.63) is 84.3 Å². The number of carbonyl (C=O) groups is 1. The third-order valence-electron chi connectivity index (χ3n) is 4.82. The van der Waals surface area contributed by atoms with Gasteiger partial charge in [-0.1, -0.05) is 18.2 Å². The number of aryl methyl sites for hydroxylation is 1. The predicted octanol–water partition coefficient (Wildman–Crippen LogP) is 4.64. The number of benzene rings is 2. The minimum Gasteiger partial charge on any atom is -0.493 e. The Morgan fingerprint density at radius 2 is 1.94 bits per heavy atom. The first-order valence-electron chi connectivity index (χ1n) is 10.3. The number of pyridine rings is 1. The van der Waals surface area contributed by atoms with Crippen LogP contribution >= 0.6 is 0 Å². The van der Waals surface area contributed by atoms with E-state index in [9.17, 15) is 4.79 Å². The van der Waals surface area contributed by atoms with E-state index >= 15 is 0 Å². The zero-order valence-corrected chi connectivity index (χ0v) is 18.1. The maximum atomic E-state index is 12.3. The number of ether oxygens (including phenoxy) is 3. The molecule has 0 atom stereocenters. The summed E-state index contributed by atoms with van der Waals surface area (Å²) in [5.41, 5.74) is 3.44. The molecule has 0 fully saturated rings. The monoisotopic (exact) mass is 431 g/mol. The number of aromatic nitrogens is 2. The van der Waals surface area contributed by atoms with Crippen LogP contribution in [0.3, 0.4) is 0 Å². The van der Waals surface area contributed by atoms with E-state index in [0.29, 0.717) is 29.5 Å². The van der Waals surface area contributed by atoms with E-state index in [-0.39, 0.29) is 18.9 Å². The summed E-state index contributed by atoms with van der Waals surface area (Å²) >= 11 is 0. The fourth-order valence-corrected chi connectivity index (χ4v) is 3.25. The van der Waals surface area contributed by atoms with Gasteiger partial charge in [-0.15, -0.1) is 0 Å². The molecular weight excluding hydrogens is 406 g/mol. The Morgan fingerprint density at radius 3 is 2.78 bits per heavy atom. The van der Waals surface area contributed by atoms with Crippen LogP contribution in [0.5, 0.6) is 17.2 Å². The highest BCUT2D eigenvalue weighted by atomic mass is 16.5. The molecule has 0 aliphatic carbocycles. The number of carbonyl (C=O) groups excluding carboxylic acids is 1. The standard InChI is InChI=1S/C25H25N3O4/c1-18-9-10-22(23(14-18)30-2)31-13-11-25(29)27-19-6-5-7-21(15-19)32-17-20-16-28-12-4-3-8-24(28)26-20/h3-10,12,14-16H,11,13,17H2,1-2H3,(H,27,29). The van der Waals surface area contributed by atoms with Crippen LogP contribution in [0, 0.1) is 6.92 Å². The molecule has 0 radical (unpaired) electrons. The number of hydrogen-bond donors (Lipinski definition) is 1. The van der Waals surface area contributed by atoms with Crippen molar-refractivity contribution >= 4 is 17.2 Å². The third-order valence-corrected chi connectivity index (χ3v) is 4.82. The molecule has 4 rings (SSSR count). The van der Waals surface area contributed by atoms with Crippen LogP contribution in [0.25, 0.3) is 5.65 Å². The average Bonchev–Trinajstić information content (AvgIpc) is 3.22. The van der Waals surface area contributed by atoms with Crippen molar-refractivity contribution in [1.82, 2.24) is 9.38 Å². The summed E-state index contributed by atoms with van der Waals surface area (Å²) in [5, 5.41) is 2.88. The number of amides is 1. The first-order chi connectivity index (χ1) is 15.6. The van der Waals surface area contributed by atoms with Gasteiger partial charge in [0.15, 0.2) is 11.5 Å². The van der Waals surface area contributed by atoms with E-state index in [1.807, 2.05) is 78.3 Å². The van der Waals surface area contributed by atoms with E-state index in [0.717, 1.165) is 16.9 Å². The average molecular weight is 431 g/mol. The number of imidazole rings is 1. The molecule has 1 N–H and O–H groups in total. The lowest BCUT2D eigenvalue weighted by atomic mass is 10.2. The molecule has 7 nitrogen and oxygen atoms in total. The van der Waals surface area contributed by atoms with Crippen molar-refractivity contribution in [2.24, 2.45) is 0 Å². The Kier molecular flexibility index (Phi) is 6.55. The van der Waals surface area contributed by atoms with Crippen molar-refractivity contribution in [3.63, 3.8) is 0 Å². The number of anilines is 1. The molecule has 0 spiro atoms. The summed E-state index contributed by atoms with van der Waals surface area (Å²) in [6.07, 6.45) is 4.09. The van der Waals surface area contributed by atoms with E-state index in [2.05, 4.69) is 10.3 Å². The predicted molar refractivity (Wildman–Crippen MR) is 122 cm³/mol. The normalized spacial score (nSPS) is 10.7. The quantitative estimate of drug-likeness (QED) is 0.418. The number of methoxy groups -OCH3 is 1. The zero-order valence-electron chi connectivity index (χ0n) is 18.1. The number of fused-ring (bicyclic) bond motifs is 1. The SMILES string of the molecule is COc1cc(C)ccc1OCCC(=O)Nc1cccc(OCc2cn3ccccc3n2)c1. The third kappa shape index (κ3) is 5.37. The molecule has 0 aliphatic heterocycles. The molecule has 4 aromatic rings. The second-order valence-corrected chi connectivity index (χ2v) is 7.32. The number of nitrogens with one attached hydrogen (secondary N) is 1. The molecule has 0 bridgehead atoms. The molecule has 0 saturated carbocycles. The maximum absolute atomic E-state index is 12.3. The fourth-order valence-electron chi connectivity index (χ4n) is 3.25. The highest BCUT2D eigenvalue weighted by Crippen LogP contribution is 2.28. The number of rotatable bonds is 9. The Morgan fingerprint density at radius 1 is 1.03 bits per heavy atom. The van der Waals surface area contributed by atoms with Crippen molar-refractivity contribution in [1.29, 1.82) is 0 Å². The van der Waals surface area contributed by atoms with E-state index < -0.39 is 0 Å². The Balaban J connectivity index is 1.28. The van der Waals surface area contributed by atoms with Gasteiger partial charge in [-0.3, -0.25) is 4.79 Å². The van der Waals surface area contributed by atoms with Crippen LogP contribution in [0.2, 0.25) is 0 Å². The second-order valence-electron chi connectivity index (χ2n) is 7.32. The van der Waals surface area contributed by atoms with Gasteiger partial charge in [0.25, 0.3) is 0 Å². The van der Waals surface area contributed by atoms with Crippen LogP contribution in [0.4, 0.5) is 5.69 Å². The van der Waals surface area contributed by atoms with Gasteiger partial charge in [-0.2, -0.15) is 0 Å². The first kappa shape index (κ1) is 21.2. The lowest BCUT2D eigenvalue weighted by molar-refractivity contribution is -0.116. The van der Waals surface area contributed by atoms with Crippen molar-refractivity contribution in [2.75, 3.05) is 19.0 Å². The Labute approximate surface area is 186 Å². The smallest absolute Gasteiger partial charge is 0.227 e. The summed E-state index contributed by atoms with van der Waals surface area (Å²) in [6, 6.07) is 18.8. The van der Waals surface area contributed by atoms with Gasteiger partial charge in [0.1, 0.15) is 18.0 Å². The van der Waals surface area contributed by atoms with E-state index in [4.69, 9.17) is 14.2 Å². The summed E-state index contributed by atoms with van der Waals surface area (Å²) < 4.78 is 18.8. The number of hydrogen-bond acceptors (Lipinski definition) is 5. The van der Waals surface area contributed by atoms with Gasteiger partial charge in [0.2, 0.25) is 5.91 Å². The zero-order chi connectivity index (χ0) is 22.3. The minimum atomic E-state index is -0.145. The first-order valence-corrected chi connectivity index (χ1v) is 10.3. The molecule has 0 saturated heterocycles. The Bertz CT molecular complexity index is 1190. The molecule has 2 aromatic heterocycles. The molecule has 7 heteroatoms. The van der Waals surface area contributed by atoms with E-state index in [1.54, 1.807) is 13.2 Å². The largest absolute Gasteiger partial charge is 0.493 e. The molecule has 2 heterocycles. The van der Waals surface area contributed by atoms with Crippen LogP contribution in [0.1, 0.15) is 17.7 Å². The minimum absolute atomic E-state index is 0.145. The molecule has 32 heavy (non-hydrogen) atoms. The lowest BCUT2D eigenvalue weighted by Gasteiger charge is -2.12. The summed E-state index contributed by atoms with van der Waals surface area (Å²) in [5.74, 6) is 1.78. The Hall–Kier alpha value is -4.00. The van der Waals surface area contributed by atoms with Gasteiger partial charge >= 0.3 is 0 Å². The highest BCUT2D eigenvalue weighted by molar-refractivity contribution is 5.90. The summed E-state index contributed by atoms with van der Waals surface area (Å²) in [6.45, 7) is 2.57. The highest BCUT2D eigenvalue weighted by Gasteiger charge is 2.08. The molecule has 0 aliphatic rings. The van der Waals surface area contributed by atoms with Gasteiger partial charge in [-0.25, -0.2) is 4.98 Å². The molecule has 2 aromatic carbocycles. The van der Waals surface area contributed by atoms with E-state index in [1.165, 1.54) is 0 Å². The summed E-state index contributed by atoms with van der Waals surface area (Å²) in [4.78, 5) is 16.8. The van der Waals surface area contributed by atoms with Gasteiger partial charge in [-0.05, 0) is 48.9 Å². The van der Waals surface area contributed by atoms with Crippen LogP contribution in [-0.2, 0) is 11.4 Å². The van der Waals surface area contributed by atoms with Crippen molar-refractivity contribution in [3.8, 4) is 17.2 Å². The lowest BCUT2D eigenvalue weighted by Crippen LogP contribution is -2.15. The topological polar surface area (TPSA) is 74.1 Å². The maximum Gasteiger partial charge on any atom is 0.227 e. The molecule has 0 unspecified atom stereocenters. The molecule has 164 valence electrons. The fraction of sp³-hybridized carbons (Fsp3) is 0.200. The second kappa shape index (κ2) is 9.87. The van der Waals surface area contributed by atoms with Gasteiger partial charge in [0.05, 0.1) is 25.8 Å². The van der Waals surface area contributed by atoms with Crippen molar-refractivity contribution in [2.45, 2.75) is 20.0 Å². The number of nitrogens with zero attached hydrogens (tertiary/aromatic N) is 2. The molecule has 1 amide bonds. The molecular formula is C25H25N3O4. The van der Waals surface area contributed by atoms with Gasteiger partial charge in [0, 0.05) is 24.1 Å². The van der Waals surface area contributed by atoms with Crippen LogP contribution < -0.4 is 19.5 Å². The van der Waals surface area contributed by atoms with Crippen LogP contribution in [0.15, 0.2) is 73.1 Å². The van der Waals surface area contributed by atoms with Gasteiger partial charge < -0.3 is 23.9 Å². The van der Waals surface area contributed by atoms with Crippen LogP contribution in [-0.4, -0.2) is 29.0 Å². The summed E-state index contributed by atoms with van der Waals surface area (Å²) in [7, 11) is 1.60. The van der Waals surface area contributed by atoms with Crippen molar-refractivity contribution < 1.29 is 19.0 Å².